The molecular weight excluding hydrogens is 495 g/mol. The average Bonchev–Trinajstić information content (AvgIpc) is 2.99. The Morgan fingerprint density at radius 3 is 2.32 bits per heavy atom. The van der Waals surface area contributed by atoms with E-state index in [4.69, 9.17) is 4.78 Å². The van der Waals surface area contributed by atoms with Crippen molar-refractivity contribution in [1.82, 2.24) is 14.8 Å². The molecule has 0 radical (unpaired) electrons. The maximum Gasteiger partial charge on any atom is 0.420 e. The standard InChI is InChI=1S/C19H20F7N5O2S/c1-16(7-18(22,23)8-16)9-31-13(12(19(24,25)26)14(30-31)17(2,20)21)15(32)29-10-4-5-28-11(6-10)34(3,27)33/h4-6,27H,7-9H2,1-3H3,(H,28,29,32)/t34-/m1/s1. The van der Waals surface area contributed by atoms with Gasteiger partial charge in [-0.1, -0.05) is 6.92 Å². The Bertz CT molecular complexity index is 1220. The third-order valence-corrected chi connectivity index (χ3v) is 6.18. The minimum atomic E-state index is -5.42. The lowest BCUT2D eigenvalue weighted by Crippen LogP contribution is -2.47. The van der Waals surface area contributed by atoms with E-state index in [0.717, 1.165) is 24.6 Å². The Morgan fingerprint density at radius 1 is 1.26 bits per heavy atom. The Kier molecular flexibility index (Phi) is 6.03. The van der Waals surface area contributed by atoms with E-state index < -0.39 is 75.4 Å². The second kappa shape index (κ2) is 7.92. The summed E-state index contributed by atoms with van der Waals surface area (Å²) in [6, 6.07) is 2.12. The molecule has 188 valence electrons. The predicted molar refractivity (Wildman–Crippen MR) is 106 cm³/mol. The van der Waals surface area contributed by atoms with Gasteiger partial charge in [0, 0.05) is 44.5 Å². The van der Waals surface area contributed by atoms with Crippen LogP contribution in [0.15, 0.2) is 23.4 Å². The number of carbonyl (C=O) groups is 1. The topological polar surface area (TPSA) is 101 Å². The lowest BCUT2D eigenvalue weighted by atomic mass is 9.67. The van der Waals surface area contributed by atoms with Crippen LogP contribution in [-0.2, 0) is 28.4 Å². The first-order valence-electron chi connectivity index (χ1n) is 9.67. The summed E-state index contributed by atoms with van der Waals surface area (Å²) in [5.41, 5.74) is -6.46. The summed E-state index contributed by atoms with van der Waals surface area (Å²) in [6.45, 7) is 0.866. The maximum absolute atomic E-state index is 14.1. The number of alkyl halides is 7. The number of hydrogen-bond acceptors (Lipinski definition) is 5. The number of amides is 1. The van der Waals surface area contributed by atoms with Gasteiger partial charge in [0.05, 0.1) is 9.73 Å². The zero-order chi connectivity index (χ0) is 25.9. The lowest BCUT2D eigenvalue weighted by Gasteiger charge is -2.44. The highest BCUT2D eigenvalue weighted by Gasteiger charge is 2.55. The van der Waals surface area contributed by atoms with E-state index in [9.17, 15) is 39.7 Å². The molecule has 0 aliphatic heterocycles. The van der Waals surface area contributed by atoms with Gasteiger partial charge in [0.25, 0.3) is 11.8 Å². The van der Waals surface area contributed by atoms with Crippen molar-refractivity contribution in [3.63, 3.8) is 0 Å². The van der Waals surface area contributed by atoms with E-state index in [1.165, 1.54) is 6.92 Å². The number of aromatic nitrogens is 3. The quantitative estimate of drug-likeness (QED) is 0.521. The third kappa shape index (κ3) is 5.33. The zero-order valence-corrected chi connectivity index (χ0v) is 18.9. The summed E-state index contributed by atoms with van der Waals surface area (Å²) < 4.78 is 116. The molecule has 15 heteroatoms. The molecule has 2 aromatic rings. The van der Waals surface area contributed by atoms with Gasteiger partial charge in [-0.2, -0.15) is 27.1 Å². The molecule has 1 aliphatic carbocycles. The summed E-state index contributed by atoms with van der Waals surface area (Å²) in [7, 11) is -3.34. The highest BCUT2D eigenvalue weighted by atomic mass is 32.2. The molecule has 34 heavy (non-hydrogen) atoms. The minimum absolute atomic E-state index is 0.178. The normalized spacial score (nSPS) is 19.2. The van der Waals surface area contributed by atoms with Crippen LogP contribution in [0.4, 0.5) is 36.4 Å². The van der Waals surface area contributed by atoms with Gasteiger partial charge in [-0.15, -0.1) is 0 Å². The zero-order valence-electron chi connectivity index (χ0n) is 18.1. The Balaban J connectivity index is 2.12. The van der Waals surface area contributed by atoms with E-state index >= 15 is 0 Å². The minimum Gasteiger partial charge on any atom is -0.320 e. The van der Waals surface area contributed by atoms with Crippen LogP contribution < -0.4 is 5.32 Å². The van der Waals surface area contributed by atoms with E-state index in [1.807, 2.05) is 0 Å². The second-order valence-electron chi connectivity index (χ2n) is 8.82. The van der Waals surface area contributed by atoms with E-state index in [2.05, 4.69) is 15.4 Å². The number of rotatable bonds is 6. The predicted octanol–water partition coefficient (Wildman–Crippen LogP) is 5.13. The molecule has 1 amide bonds. The Hall–Kier alpha value is -2.71. The number of nitrogens with one attached hydrogen (secondary N) is 2. The van der Waals surface area contributed by atoms with Gasteiger partial charge in [0.1, 0.15) is 22.0 Å². The molecule has 1 fully saturated rings. The summed E-state index contributed by atoms with van der Waals surface area (Å²) in [5, 5.41) is 5.14. The van der Waals surface area contributed by atoms with Gasteiger partial charge in [-0.05, 0) is 17.5 Å². The Morgan fingerprint density at radius 2 is 1.85 bits per heavy atom. The van der Waals surface area contributed by atoms with Gasteiger partial charge in [0.2, 0.25) is 5.92 Å². The van der Waals surface area contributed by atoms with Crippen LogP contribution in [0.1, 0.15) is 48.4 Å². The molecule has 0 spiro atoms. The Labute approximate surface area is 189 Å². The molecular formula is C19H20F7N5O2S. The van der Waals surface area contributed by atoms with Crippen LogP contribution in [0.5, 0.6) is 0 Å². The highest BCUT2D eigenvalue weighted by molar-refractivity contribution is 7.91. The summed E-state index contributed by atoms with van der Waals surface area (Å²) in [4.78, 5) is 16.6. The summed E-state index contributed by atoms with van der Waals surface area (Å²) in [6.07, 6.45) is -4.78. The first-order chi connectivity index (χ1) is 15.2. The van der Waals surface area contributed by atoms with Crippen LogP contribution in [0.2, 0.25) is 0 Å². The fourth-order valence-electron chi connectivity index (χ4n) is 3.94. The van der Waals surface area contributed by atoms with Crippen molar-refractivity contribution in [2.75, 3.05) is 11.6 Å². The van der Waals surface area contributed by atoms with Gasteiger partial charge in [-0.3, -0.25) is 9.48 Å². The van der Waals surface area contributed by atoms with Gasteiger partial charge in [-0.25, -0.2) is 22.8 Å². The number of anilines is 1. The number of hydrogen-bond donors (Lipinski definition) is 2. The molecule has 2 heterocycles. The van der Waals surface area contributed by atoms with Crippen LogP contribution >= 0.6 is 0 Å². The fraction of sp³-hybridized carbons (Fsp3) is 0.526. The van der Waals surface area contributed by atoms with Crippen molar-refractivity contribution in [2.45, 2.75) is 56.3 Å². The fourth-order valence-corrected chi connectivity index (χ4v) is 4.56. The largest absolute Gasteiger partial charge is 0.420 e. The van der Waals surface area contributed by atoms with Crippen LogP contribution in [0, 0.1) is 10.2 Å². The van der Waals surface area contributed by atoms with Gasteiger partial charge in [0.15, 0.2) is 0 Å². The monoisotopic (exact) mass is 515 g/mol. The molecule has 0 saturated heterocycles. The molecule has 7 nitrogen and oxygen atoms in total. The summed E-state index contributed by atoms with van der Waals surface area (Å²) in [5.74, 6) is -8.65. The number of pyridine rings is 1. The maximum atomic E-state index is 14.1. The van der Waals surface area contributed by atoms with Crippen LogP contribution in [-0.4, -0.2) is 37.1 Å². The third-order valence-electron chi connectivity index (χ3n) is 5.16. The van der Waals surface area contributed by atoms with Gasteiger partial charge >= 0.3 is 6.18 Å². The molecule has 1 saturated carbocycles. The lowest BCUT2D eigenvalue weighted by molar-refractivity contribution is -0.160. The van der Waals surface area contributed by atoms with Crippen LogP contribution in [0.3, 0.4) is 0 Å². The van der Waals surface area contributed by atoms with E-state index in [-0.39, 0.29) is 17.6 Å². The first-order valence-corrected chi connectivity index (χ1v) is 11.6. The van der Waals surface area contributed by atoms with Crippen molar-refractivity contribution >= 4 is 21.3 Å². The van der Waals surface area contributed by atoms with E-state index in [0.29, 0.717) is 4.68 Å². The average molecular weight is 515 g/mol. The molecule has 0 aromatic carbocycles. The molecule has 1 aliphatic rings. The van der Waals surface area contributed by atoms with Crippen molar-refractivity contribution in [3.05, 3.63) is 35.3 Å². The van der Waals surface area contributed by atoms with Crippen molar-refractivity contribution in [2.24, 2.45) is 5.41 Å². The van der Waals surface area contributed by atoms with Crippen molar-refractivity contribution < 1.29 is 39.7 Å². The molecule has 1 atom stereocenters. The smallest absolute Gasteiger partial charge is 0.320 e. The number of halogens is 7. The molecule has 3 rings (SSSR count). The summed E-state index contributed by atoms with van der Waals surface area (Å²) >= 11 is 0. The molecule has 2 aromatic heterocycles. The molecule has 0 bridgehead atoms. The van der Waals surface area contributed by atoms with Crippen molar-refractivity contribution in [1.29, 1.82) is 4.78 Å². The number of carbonyl (C=O) groups excluding carboxylic acids is 1. The SMILES string of the molecule is CC1(Cn2nc(C(C)(F)F)c(C(F)(F)F)c2C(=O)Nc2ccnc([S@](C)(=N)=O)c2)CC(F)(F)C1. The first kappa shape index (κ1) is 25.9. The molecule has 0 unspecified atom stereocenters. The van der Waals surface area contributed by atoms with Gasteiger partial charge < -0.3 is 5.32 Å². The number of nitrogens with zero attached hydrogens (tertiary/aromatic N) is 3. The highest BCUT2D eigenvalue weighted by Crippen LogP contribution is 2.53. The van der Waals surface area contributed by atoms with Crippen molar-refractivity contribution in [3.8, 4) is 0 Å². The molecule has 2 N–H and O–H groups in total. The van der Waals surface area contributed by atoms with E-state index in [1.54, 1.807) is 0 Å². The van der Waals surface area contributed by atoms with Crippen LogP contribution in [0.25, 0.3) is 0 Å². The second-order valence-corrected chi connectivity index (χ2v) is 10.9.